The molecule has 1 aliphatic heterocycles. The van der Waals surface area contributed by atoms with Crippen LogP contribution in [0.3, 0.4) is 0 Å². The Balaban J connectivity index is 1.93. The van der Waals surface area contributed by atoms with E-state index in [9.17, 15) is 9.59 Å². The second kappa shape index (κ2) is 5.50. The molecular weight excluding hydrogens is 326 g/mol. The maximum Gasteiger partial charge on any atom is 0.345 e. The summed E-state index contributed by atoms with van der Waals surface area (Å²) < 4.78 is 0. The minimum Gasteiger partial charge on any atom is -0.364 e. The van der Waals surface area contributed by atoms with Crippen molar-refractivity contribution in [1.29, 1.82) is 0 Å². The molecule has 120 valence electrons. The highest BCUT2D eigenvalue weighted by Crippen LogP contribution is 2.46. The van der Waals surface area contributed by atoms with Gasteiger partial charge in [-0.05, 0) is 23.6 Å². The molecule has 8 heteroatoms. The summed E-state index contributed by atoms with van der Waals surface area (Å²) in [5.41, 5.74) is 7.15. The number of nitrogens with two attached hydrogens (primary N) is 1. The monoisotopic (exact) mass is 339 g/mol. The number of thiophene rings is 1. The van der Waals surface area contributed by atoms with Crippen molar-refractivity contribution in [2.24, 2.45) is 5.73 Å². The molecule has 4 rings (SSSR count). The summed E-state index contributed by atoms with van der Waals surface area (Å²) in [6, 6.07) is 11.7. The fraction of sp³-hybridized carbons (Fsp3) is 0.0625. The van der Waals surface area contributed by atoms with Gasteiger partial charge < -0.3 is 16.0 Å². The number of nitrogens with one attached hydrogen (secondary N) is 2. The van der Waals surface area contributed by atoms with Gasteiger partial charge in [-0.25, -0.2) is 4.79 Å². The second-order valence-corrected chi connectivity index (χ2v) is 6.24. The van der Waals surface area contributed by atoms with Gasteiger partial charge in [0.2, 0.25) is 0 Å². The van der Waals surface area contributed by atoms with Crippen LogP contribution in [-0.4, -0.2) is 15.9 Å². The molecule has 0 saturated heterocycles. The zero-order valence-corrected chi connectivity index (χ0v) is 13.2. The van der Waals surface area contributed by atoms with Gasteiger partial charge in [-0.2, -0.15) is 4.98 Å². The number of aromatic amines is 1. The fourth-order valence-corrected chi connectivity index (χ4v) is 3.59. The summed E-state index contributed by atoms with van der Waals surface area (Å²) in [6.45, 7) is 0. The van der Waals surface area contributed by atoms with Crippen molar-refractivity contribution in [2.45, 2.75) is 6.17 Å². The van der Waals surface area contributed by atoms with E-state index in [1.54, 1.807) is 11.3 Å². The molecule has 0 bridgehead atoms. The van der Waals surface area contributed by atoms with Crippen LogP contribution in [0.5, 0.6) is 0 Å². The van der Waals surface area contributed by atoms with Crippen molar-refractivity contribution < 1.29 is 4.79 Å². The first-order valence-electron chi connectivity index (χ1n) is 7.22. The molecule has 1 atom stereocenters. The van der Waals surface area contributed by atoms with Crippen LogP contribution in [0.15, 0.2) is 52.8 Å². The number of H-pyrrole nitrogens is 1. The number of fused-ring (bicyclic) bond motifs is 1. The number of benzene rings is 1. The molecule has 1 unspecified atom stereocenters. The third-order valence-corrected chi connectivity index (χ3v) is 4.75. The van der Waals surface area contributed by atoms with Crippen molar-refractivity contribution in [1.82, 2.24) is 9.97 Å². The summed E-state index contributed by atoms with van der Waals surface area (Å²) in [5, 5.41) is 5.42. The van der Waals surface area contributed by atoms with Crippen LogP contribution < -0.4 is 21.6 Å². The molecule has 0 fully saturated rings. The van der Waals surface area contributed by atoms with Gasteiger partial charge >= 0.3 is 5.69 Å². The van der Waals surface area contributed by atoms with Crippen molar-refractivity contribution in [3.8, 4) is 0 Å². The summed E-state index contributed by atoms with van der Waals surface area (Å²) in [7, 11) is 0. The molecule has 1 aliphatic rings. The number of anilines is 3. The maximum absolute atomic E-state index is 11.8. The first kappa shape index (κ1) is 14.5. The number of amides is 1. The highest BCUT2D eigenvalue weighted by atomic mass is 32.1. The second-order valence-electron chi connectivity index (χ2n) is 5.26. The van der Waals surface area contributed by atoms with E-state index in [0.717, 1.165) is 16.3 Å². The van der Waals surface area contributed by atoms with Crippen LogP contribution in [-0.2, 0) is 0 Å². The van der Waals surface area contributed by atoms with Gasteiger partial charge in [0.1, 0.15) is 11.9 Å². The van der Waals surface area contributed by atoms with Gasteiger partial charge in [0.15, 0.2) is 0 Å². The van der Waals surface area contributed by atoms with Crippen molar-refractivity contribution in [2.75, 3.05) is 10.2 Å². The number of hydrogen-bond acceptors (Lipinski definition) is 6. The molecule has 3 aromatic rings. The number of rotatable bonds is 3. The Kier molecular flexibility index (Phi) is 3.31. The highest BCUT2D eigenvalue weighted by molar-refractivity contribution is 7.10. The molecular formula is C16H13N5O2S. The van der Waals surface area contributed by atoms with Crippen LogP contribution in [0.25, 0.3) is 0 Å². The first-order valence-corrected chi connectivity index (χ1v) is 8.10. The van der Waals surface area contributed by atoms with Crippen LogP contribution in [0.2, 0.25) is 0 Å². The van der Waals surface area contributed by atoms with Gasteiger partial charge in [-0.1, -0.05) is 18.2 Å². The standard InChI is InChI=1S/C16H13N5O2S/c17-14(22)13-11(8-18-16(23)20-13)21-10-5-2-1-4-9(10)19-15(21)12-6-3-7-24-12/h1-8,15,19H,(H2,17,22)(H,18,20,23). The van der Waals surface area contributed by atoms with Crippen LogP contribution >= 0.6 is 11.3 Å². The number of aromatic nitrogens is 2. The summed E-state index contributed by atoms with van der Waals surface area (Å²) in [4.78, 5) is 32.5. The summed E-state index contributed by atoms with van der Waals surface area (Å²) in [6.07, 6.45) is 1.16. The average Bonchev–Trinajstić information content (AvgIpc) is 3.22. The van der Waals surface area contributed by atoms with Crippen LogP contribution in [0.4, 0.5) is 17.1 Å². The minimum atomic E-state index is -0.709. The Morgan fingerprint density at radius 3 is 2.79 bits per heavy atom. The first-order chi connectivity index (χ1) is 11.6. The molecule has 0 radical (unpaired) electrons. The van der Waals surface area contributed by atoms with E-state index in [2.05, 4.69) is 15.3 Å². The topological polar surface area (TPSA) is 104 Å². The highest BCUT2D eigenvalue weighted by Gasteiger charge is 2.34. The Morgan fingerprint density at radius 2 is 2.04 bits per heavy atom. The predicted molar refractivity (Wildman–Crippen MR) is 92.6 cm³/mol. The number of hydrogen-bond donors (Lipinski definition) is 3. The molecule has 0 aliphatic carbocycles. The number of carbonyl (C=O) groups is 1. The number of nitrogens with zero attached hydrogens (tertiary/aromatic N) is 2. The molecule has 4 N–H and O–H groups in total. The molecule has 2 aromatic heterocycles. The lowest BCUT2D eigenvalue weighted by molar-refractivity contribution is 0.0995. The smallest absolute Gasteiger partial charge is 0.345 e. The van der Waals surface area contributed by atoms with Gasteiger partial charge in [-0.3, -0.25) is 9.78 Å². The SMILES string of the molecule is NC(=O)c1[nH]c(=O)ncc1N1c2ccccc2NC1c1cccs1. The molecule has 1 amide bonds. The lowest BCUT2D eigenvalue weighted by Gasteiger charge is -2.26. The number of para-hydroxylation sites is 2. The van der Waals surface area contributed by atoms with E-state index in [1.807, 2.05) is 46.7 Å². The van der Waals surface area contributed by atoms with Gasteiger partial charge in [0, 0.05) is 4.88 Å². The van der Waals surface area contributed by atoms with Gasteiger partial charge in [0.25, 0.3) is 5.91 Å². The van der Waals surface area contributed by atoms with Crippen molar-refractivity contribution in [3.63, 3.8) is 0 Å². The molecule has 3 heterocycles. The largest absolute Gasteiger partial charge is 0.364 e. The molecule has 0 saturated carbocycles. The zero-order valence-electron chi connectivity index (χ0n) is 12.4. The van der Waals surface area contributed by atoms with E-state index in [0.29, 0.717) is 5.69 Å². The fourth-order valence-electron chi connectivity index (χ4n) is 2.83. The Morgan fingerprint density at radius 1 is 1.21 bits per heavy atom. The average molecular weight is 339 g/mol. The third kappa shape index (κ3) is 2.24. The Labute approximate surface area is 140 Å². The van der Waals surface area contributed by atoms with Crippen LogP contribution in [0, 0.1) is 0 Å². The normalized spacial score (nSPS) is 15.8. The number of primary amides is 1. The zero-order chi connectivity index (χ0) is 16.7. The number of carbonyl (C=O) groups excluding carboxylic acids is 1. The van der Waals surface area contributed by atoms with E-state index < -0.39 is 11.6 Å². The van der Waals surface area contributed by atoms with E-state index in [4.69, 9.17) is 5.73 Å². The molecule has 7 nitrogen and oxygen atoms in total. The summed E-state index contributed by atoms with van der Waals surface area (Å²) >= 11 is 1.59. The molecule has 1 aromatic carbocycles. The van der Waals surface area contributed by atoms with Gasteiger partial charge in [-0.15, -0.1) is 11.3 Å². The molecule has 24 heavy (non-hydrogen) atoms. The third-order valence-electron chi connectivity index (χ3n) is 3.82. The molecule has 0 spiro atoms. The van der Waals surface area contributed by atoms with E-state index in [1.165, 1.54) is 6.20 Å². The summed E-state index contributed by atoms with van der Waals surface area (Å²) in [5.74, 6) is -0.709. The predicted octanol–water partition coefficient (Wildman–Crippen LogP) is 2.19. The van der Waals surface area contributed by atoms with Crippen molar-refractivity contribution >= 4 is 34.3 Å². The maximum atomic E-state index is 11.8. The quantitative estimate of drug-likeness (QED) is 0.678. The van der Waals surface area contributed by atoms with E-state index >= 15 is 0 Å². The Bertz CT molecular complexity index is 967. The van der Waals surface area contributed by atoms with Gasteiger partial charge in [0.05, 0.1) is 23.3 Å². The Hall–Kier alpha value is -3.13. The van der Waals surface area contributed by atoms with Crippen LogP contribution in [0.1, 0.15) is 21.5 Å². The lowest BCUT2D eigenvalue weighted by atomic mass is 10.2. The minimum absolute atomic E-state index is 0.0371. The van der Waals surface area contributed by atoms with E-state index in [-0.39, 0.29) is 11.9 Å². The lowest BCUT2D eigenvalue weighted by Crippen LogP contribution is -2.29. The van der Waals surface area contributed by atoms with Crippen molar-refractivity contribution in [3.05, 3.63) is 69.0 Å².